The third-order valence-corrected chi connectivity index (χ3v) is 5.50. The Bertz CT molecular complexity index is 537. The molecule has 21 heavy (non-hydrogen) atoms. The molecule has 4 nitrogen and oxygen atoms in total. The zero-order chi connectivity index (χ0) is 15.3. The van der Waals surface area contributed by atoms with Gasteiger partial charge >= 0.3 is 0 Å². The van der Waals surface area contributed by atoms with Crippen LogP contribution in [0.5, 0.6) is 0 Å². The third kappa shape index (κ3) is 4.76. The molecule has 1 saturated heterocycles. The maximum Gasteiger partial charge on any atom is 0.279 e. The van der Waals surface area contributed by atoms with E-state index < -0.39 is 10.2 Å². The molecule has 1 aliphatic heterocycles. The van der Waals surface area contributed by atoms with Crippen LogP contribution in [0.2, 0.25) is 0 Å². The van der Waals surface area contributed by atoms with Crippen LogP contribution in [0.4, 0.5) is 4.39 Å². The van der Waals surface area contributed by atoms with Gasteiger partial charge in [0, 0.05) is 19.6 Å². The van der Waals surface area contributed by atoms with Crippen LogP contribution in [-0.2, 0) is 16.6 Å². The number of nitrogens with one attached hydrogen (secondary N) is 1. The highest BCUT2D eigenvalue weighted by Gasteiger charge is 2.27. The summed E-state index contributed by atoms with van der Waals surface area (Å²) in [7, 11) is -3.31. The minimum Gasteiger partial charge on any atom is -0.207 e. The van der Waals surface area contributed by atoms with Crippen LogP contribution in [-0.4, -0.2) is 32.4 Å². The van der Waals surface area contributed by atoms with E-state index in [2.05, 4.69) is 4.72 Å². The molecule has 0 aromatic heterocycles. The SMILES string of the molecule is CCCNS(=O)(=O)N1CCC(Cc2ccc(F)cc2)CC1. The van der Waals surface area contributed by atoms with Gasteiger partial charge in [0.1, 0.15) is 5.82 Å². The van der Waals surface area contributed by atoms with Gasteiger partial charge in [0.25, 0.3) is 10.2 Å². The molecule has 1 aromatic carbocycles. The van der Waals surface area contributed by atoms with Crippen molar-refractivity contribution >= 4 is 10.2 Å². The fourth-order valence-electron chi connectivity index (χ4n) is 2.63. The first-order chi connectivity index (χ1) is 10.0. The second kappa shape index (κ2) is 7.33. The van der Waals surface area contributed by atoms with Crippen molar-refractivity contribution in [3.63, 3.8) is 0 Å². The van der Waals surface area contributed by atoms with Crippen molar-refractivity contribution in [3.05, 3.63) is 35.6 Å². The minimum absolute atomic E-state index is 0.221. The number of hydrogen-bond acceptors (Lipinski definition) is 2. The van der Waals surface area contributed by atoms with E-state index in [9.17, 15) is 12.8 Å². The summed E-state index contributed by atoms with van der Waals surface area (Å²) in [5.74, 6) is 0.245. The Morgan fingerprint density at radius 1 is 1.24 bits per heavy atom. The first kappa shape index (κ1) is 16.4. The molecule has 1 heterocycles. The first-order valence-electron chi connectivity index (χ1n) is 7.50. The molecule has 0 bridgehead atoms. The number of nitrogens with zero attached hydrogens (tertiary/aromatic N) is 1. The quantitative estimate of drug-likeness (QED) is 0.876. The normalized spacial score (nSPS) is 18.0. The Balaban J connectivity index is 1.84. The molecular formula is C15H23FN2O2S. The summed E-state index contributed by atoms with van der Waals surface area (Å²) in [5.41, 5.74) is 1.11. The molecular weight excluding hydrogens is 291 g/mol. The first-order valence-corrected chi connectivity index (χ1v) is 8.94. The summed E-state index contributed by atoms with van der Waals surface area (Å²) in [6.07, 6.45) is 3.38. The average Bonchev–Trinajstić information content (AvgIpc) is 2.48. The fraction of sp³-hybridized carbons (Fsp3) is 0.600. The lowest BCUT2D eigenvalue weighted by atomic mass is 9.91. The summed E-state index contributed by atoms with van der Waals surface area (Å²) in [5, 5.41) is 0. The molecule has 0 aliphatic carbocycles. The summed E-state index contributed by atoms with van der Waals surface area (Å²) in [4.78, 5) is 0. The van der Waals surface area contributed by atoms with Crippen molar-refractivity contribution in [2.24, 2.45) is 5.92 Å². The lowest BCUT2D eigenvalue weighted by Gasteiger charge is -2.31. The molecule has 2 rings (SSSR count). The van der Waals surface area contributed by atoms with Crippen molar-refractivity contribution in [2.45, 2.75) is 32.6 Å². The van der Waals surface area contributed by atoms with Crippen LogP contribution in [0.3, 0.4) is 0 Å². The number of hydrogen-bond donors (Lipinski definition) is 1. The summed E-state index contributed by atoms with van der Waals surface area (Å²) in [6.45, 7) is 3.55. The predicted molar refractivity (Wildman–Crippen MR) is 81.6 cm³/mol. The molecule has 0 saturated carbocycles. The van der Waals surface area contributed by atoms with E-state index in [0.717, 1.165) is 31.2 Å². The molecule has 0 atom stereocenters. The summed E-state index contributed by atoms with van der Waals surface area (Å²) in [6, 6.07) is 6.57. The van der Waals surface area contributed by atoms with Crippen molar-refractivity contribution in [2.75, 3.05) is 19.6 Å². The Morgan fingerprint density at radius 3 is 2.43 bits per heavy atom. The molecule has 118 valence electrons. The second-order valence-electron chi connectivity index (χ2n) is 5.57. The molecule has 0 radical (unpaired) electrons. The van der Waals surface area contributed by atoms with Gasteiger partial charge < -0.3 is 0 Å². The van der Waals surface area contributed by atoms with Gasteiger partial charge in [-0.1, -0.05) is 19.1 Å². The zero-order valence-electron chi connectivity index (χ0n) is 12.4. The lowest BCUT2D eigenvalue weighted by Crippen LogP contribution is -2.45. The topological polar surface area (TPSA) is 49.4 Å². The summed E-state index contributed by atoms with van der Waals surface area (Å²) < 4.78 is 41.0. The minimum atomic E-state index is -3.31. The van der Waals surface area contributed by atoms with E-state index in [-0.39, 0.29) is 5.82 Å². The van der Waals surface area contributed by atoms with Gasteiger partial charge in [0.05, 0.1) is 0 Å². The van der Waals surface area contributed by atoms with Gasteiger partial charge in [-0.25, -0.2) is 9.11 Å². The average molecular weight is 314 g/mol. The van der Waals surface area contributed by atoms with Gasteiger partial charge in [0.15, 0.2) is 0 Å². The van der Waals surface area contributed by atoms with Crippen molar-refractivity contribution < 1.29 is 12.8 Å². The number of benzene rings is 1. The Morgan fingerprint density at radius 2 is 1.86 bits per heavy atom. The number of piperidine rings is 1. The predicted octanol–water partition coefficient (Wildman–Crippen LogP) is 2.32. The van der Waals surface area contributed by atoms with E-state index in [1.165, 1.54) is 16.4 Å². The van der Waals surface area contributed by atoms with Gasteiger partial charge in [-0.2, -0.15) is 12.7 Å². The highest BCUT2D eigenvalue weighted by Crippen LogP contribution is 2.23. The van der Waals surface area contributed by atoms with Crippen LogP contribution in [0.1, 0.15) is 31.7 Å². The maximum absolute atomic E-state index is 12.9. The largest absolute Gasteiger partial charge is 0.279 e. The van der Waals surface area contributed by atoms with E-state index >= 15 is 0 Å². The van der Waals surface area contributed by atoms with Crippen molar-refractivity contribution in [1.29, 1.82) is 0 Å². The van der Waals surface area contributed by atoms with E-state index in [1.807, 2.05) is 6.92 Å². The van der Waals surface area contributed by atoms with Crippen LogP contribution in [0.25, 0.3) is 0 Å². The van der Waals surface area contributed by atoms with Gasteiger partial charge in [0.2, 0.25) is 0 Å². The molecule has 6 heteroatoms. The smallest absolute Gasteiger partial charge is 0.207 e. The van der Waals surface area contributed by atoms with E-state index in [0.29, 0.717) is 25.6 Å². The monoisotopic (exact) mass is 314 g/mol. The van der Waals surface area contributed by atoms with Crippen molar-refractivity contribution in [1.82, 2.24) is 9.03 Å². The molecule has 1 aliphatic rings. The summed E-state index contributed by atoms with van der Waals surface area (Å²) >= 11 is 0. The number of halogens is 1. The second-order valence-corrected chi connectivity index (χ2v) is 7.33. The van der Waals surface area contributed by atoms with E-state index in [4.69, 9.17) is 0 Å². The molecule has 1 N–H and O–H groups in total. The van der Waals surface area contributed by atoms with E-state index in [1.54, 1.807) is 12.1 Å². The van der Waals surface area contributed by atoms with Crippen molar-refractivity contribution in [3.8, 4) is 0 Å². The molecule has 0 spiro atoms. The molecule has 1 fully saturated rings. The highest BCUT2D eigenvalue weighted by molar-refractivity contribution is 7.87. The lowest BCUT2D eigenvalue weighted by molar-refractivity contribution is 0.270. The Labute approximate surface area is 126 Å². The maximum atomic E-state index is 12.9. The standard InChI is InChI=1S/C15H23FN2O2S/c1-2-9-17-21(19,20)18-10-7-14(8-11-18)12-13-3-5-15(16)6-4-13/h3-6,14,17H,2,7-12H2,1H3. The van der Waals surface area contributed by atoms with Gasteiger partial charge in [-0.15, -0.1) is 0 Å². The van der Waals surface area contributed by atoms with Gasteiger partial charge in [-0.3, -0.25) is 0 Å². The molecule has 1 aromatic rings. The van der Waals surface area contributed by atoms with Crippen LogP contribution in [0, 0.1) is 11.7 Å². The highest BCUT2D eigenvalue weighted by atomic mass is 32.2. The Kier molecular flexibility index (Phi) is 5.72. The van der Waals surface area contributed by atoms with Crippen LogP contribution in [0.15, 0.2) is 24.3 Å². The molecule has 0 unspecified atom stereocenters. The fourth-order valence-corrected chi connectivity index (χ4v) is 3.97. The third-order valence-electron chi connectivity index (χ3n) is 3.89. The number of rotatable bonds is 6. The zero-order valence-corrected chi connectivity index (χ0v) is 13.2. The Hall–Kier alpha value is -0.980. The molecule has 0 amide bonds. The van der Waals surface area contributed by atoms with Crippen LogP contribution < -0.4 is 4.72 Å². The van der Waals surface area contributed by atoms with Gasteiger partial charge in [-0.05, 0) is 49.3 Å². The van der Waals surface area contributed by atoms with Crippen LogP contribution >= 0.6 is 0 Å².